The van der Waals surface area contributed by atoms with Crippen LogP contribution in [0.1, 0.15) is 5.56 Å². The van der Waals surface area contributed by atoms with Crippen molar-refractivity contribution in [2.45, 2.75) is 10.8 Å². The maximum atomic E-state index is 2.18. The van der Waals surface area contributed by atoms with E-state index in [1.807, 2.05) is 0 Å². The molecule has 0 spiro atoms. The fourth-order valence-corrected chi connectivity index (χ4v) is 1.61. The van der Waals surface area contributed by atoms with Gasteiger partial charge >= 0.3 is 94.1 Å². The summed E-state index contributed by atoms with van der Waals surface area (Å²) in [4.78, 5) is 0. The first-order chi connectivity index (χ1) is 4.43. The molecule has 0 saturated heterocycles. The van der Waals surface area contributed by atoms with Gasteiger partial charge in [-0.2, -0.15) is 0 Å². The molecule has 0 aliphatic carbocycles. The molecular formula is C8H12Sb2. The predicted octanol–water partition coefficient (Wildman–Crippen LogP) is 0.632. The van der Waals surface area contributed by atoms with Gasteiger partial charge in [-0.1, -0.05) is 0 Å². The molecule has 0 saturated carbocycles. The van der Waals surface area contributed by atoms with Crippen molar-refractivity contribution in [2.75, 3.05) is 0 Å². The molecular weight excluding hydrogens is 340 g/mol. The summed E-state index contributed by atoms with van der Waals surface area (Å²) in [6.45, 7) is 0. The Hall–Kier alpha value is 0.856. The third kappa shape index (κ3) is 3.89. The van der Waals surface area contributed by atoms with Gasteiger partial charge in [0.2, 0.25) is 0 Å². The Labute approximate surface area is 93.3 Å². The number of hydrogen-bond acceptors (Lipinski definition) is 0. The molecule has 0 amide bonds. The molecule has 0 nitrogen and oxygen atoms in total. The van der Waals surface area contributed by atoms with E-state index in [1.165, 1.54) is 16.4 Å². The van der Waals surface area contributed by atoms with Crippen LogP contribution in [0.3, 0.4) is 0 Å². The van der Waals surface area contributed by atoms with Gasteiger partial charge in [0, 0.05) is 0 Å². The molecule has 0 unspecified atom stereocenters. The molecule has 0 aliphatic rings. The average molecular weight is 352 g/mol. The van der Waals surface area contributed by atoms with Gasteiger partial charge in [-0.3, -0.25) is 0 Å². The first-order valence-electron chi connectivity index (χ1n) is 3.12. The summed E-state index contributed by atoms with van der Waals surface area (Å²) in [5, 5.41) is 0. The number of aryl methyl sites for hydroxylation is 1. The Morgan fingerprint density at radius 1 is 1.10 bits per heavy atom. The van der Waals surface area contributed by atoms with E-state index < -0.39 is 0 Å². The van der Waals surface area contributed by atoms with Crippen LogP contribution in [-0.4, -0.2) is 47.4 Å². The second-order valence-electron chi connectivity index (χ2n) is 1.99. The summed E-state index contributed by atoms with van der Waals surface area (Å²) in [6, 6.07) is 10.6. The van der Waals surface area contributed by atoms with Gasteiger partial charge in [0.15, 0.2) is 0 Å². The Kier molecular flexibility index (Phi) is 7.12. The molecule has 10 heavy (non-hydrogen) atoms. The standard InChI is InChI=1S/C8H9.2Sb.3H/c1-2-8-6-4-3-5-7-8;;;;;/h3-7H,1-2H2;;;;;. The zero-order valence-corrected chi connectivity index (χ0v) is 12.0. The molecule has 0 bridgehead atoms. The number of rotatable bonds is 2. The van der Waals surface area contributed by atoms with Gasteiger partial charge in [0.25, 0.3) is 0 Å². The minimum absolute atomic E-state index is 0. The SMILES string of the molecule is [SbH2].[SbH][CH2]Cc1ccccc1. The molecule has 0 N–H and O–H groups in total. The van der Waals surface area contributed by atoms with Gasteiger partial charge in [-0.25, -0.2) is 0 Å². The maximum absolute atomic E-state index is 2.18. The van der Waals surface area contributed by atoms with Gasteiger partial charge < -0.3 is 0 Å². The number of hydrogen-bond donors (Lipinski definition) is 0. The van der Waals surface area contributed by atoms with Crippen molar-refractivity contribution in [1.82, 2.24) is 0 Å². The summed E-state index contributed by atoms with van der Waals surface area (Å²) in [6.07, 6.45) is 1.25. The third-order valence-corrected chi connectivity index (χ3v) is 1.97. The van der Waals surface area contributed by atoms with E-state index in [0.717, 1.165) is 0 Å². The van der Waals surface area contributed by atoms with Crippen LogP contribution >= 0.6 is 0 Å². The summed E-state index contributed by atoms with van der Waals surface area (Å²) >= 11 is 1.63. The van der Waals surface area contributed by atoms with E-state index in [2.05, 4.69) is 30.3 Å². The zero-order valence-electron chi connectivity index (χ0n) is 5.88. The van der Waals surface area contributed by atoms with Gasteiger partial charge in [0.1, 0.15) is 0 Å². The average Bonchev–Trinajstić information content (AvgIpc) is 1.91. The Morgan fingerprint density at radius 3 is 2.20 bits per heavy atom. The van der Waals surface area contributed by atoms with Gasteiger partial charge in [0.05, 0.1) is 0 Å². The predicted molar refractivity (Wildman–Crippen MR) is 50.6 cm³/mol. The van der Waals surface area contributed by atoms with Crippen LogP contribution in [0.4, 0.5) is 0 Å². The van der Waals surface area contributed by atoms with E-state index in [0.29, 0.717) is 0 Å². The molecule has 1 rings (SSSR count). The van der Waals surface area contributed by atoms with E-state index in [9.17, 15) is 0 Å². The molecule has 0 aliphatic heterocycles. The summed E-state index contributed by atoms with van der Waals surface area (Å²) in [5.74, 6) is 0. The summed E-state index contributed by atoms with van der Waals surface area (Å²) < 4.78 is 1.33. The third-order valence-electron chi connectivity index (χ3n) is 1.26. The second-order valence-corrected chi connectivity index (χ2v) is 3.41. The quantitative estimate of drug-likeness (QED) is 0.686. The Balaban J connectivity index is 0.000000810. The summed E-state index contributed by atoms with van der Waals surface area (Å²) in [7, 11) is 0. The van der Waals surface area contributed by atoms with E-state index in [4.69, 9.17) is 0 Å². The Bertz CT molecular complexity index is 160. The zero-order chi connectivity index (χ0) is 6.53. The normalized spacial score (nSPS) is 8.50. The van der Waals surface area contributed by atoms with Crippen LogP contribution in [0, 0.1) is 0 Å². The van der Waals surface area contributed by atoms with E-state index in [1.54, 1.807) is 23.0 Å². The first-order valence-corrected chi connectivity index (χ1v) is 5.14. The fourth-order valence-electron chi connectivity index (χ4n) is 0.789. The van der Waals surface area contributed by atoms with Crippen molar-refractivity contribution in [2.24, 2.45) is 0 Å². The van der Waals surface area contributed by atoms with Crippen LogP contribution in [0.2, 0.25) is 4.37 Å². The minimum atomic E-state index is 0. The second kappa shape index (κ2) is 6.56. The molecule has 2 radical (unpaired) electrons. The van der Waals surface area contributed by atoms with E-state index >= 15 is 0 Å². The summed E-state index contributed by atoms with van der Waals surface area (Å²) in [5.41, 5.74) is 1.47. The van der Waals surface area contributed by atoms with E-state index in [-0.39, 0.29) is 24.4 Å². The topological polar surface area (TPSA) is 0 Å². The molecule has 0 atom stereocenters. The molecule has 0 aromatic heterocycles. The monoisotopic (exact) mass is 350 g/mol. The Morgan fingerprint density at radius 2 is 1.70 bits per heavy atom. The molecule has 0 heterocycles. The van der Waals surface area contributed by atoms with Crippen molar-refractivity contribution < 1.29 is 0 Å². The van der Waals surface area contributed by atoms with Gasteiger partial charge in [-0.05, 0) is 0 Å². The molecule has 1 aromatic carbocycles. The van der Waals surface area contributed by atoms with Crippen LogP contribution in [-0.2, 0) is 6.42 Å². The number of benzene rings is 1. The van der Waals surface area contributed by atoms with Crippen molar-refractivity contribution in [1.29, 1.82) is 0 Å². The van der Waals surface area contributed by atoms with Crippen LogP contribution in [0.25, 0.3) is 0 Å². The van der Waals surface area contributed by atoms with Crippen molar-refractivity contribution in [3.8, 4) is 0 Å². The van der Waals surface area contributed by atoms with Crippen LogP contribution in [0.5, 0.6) is 0 Å². The van der Waals surface area contributed by atoms with Crippen LogP contribution in [0.15, 0.2) is 30.3 Å². The van der Waals surface area contributed by atoms with Crippen molar-refractivity contribution >= 4 is 47.4 Å². The molecule has 0 fully saturated rings. The molecule has 1 aromatic rings. The van der Waals surface area contributed by atoms with Crippen molar-refractivity contribution in [3.63, 3.8) is 0 Å². The van der Waals surface area contributed by atoms with Crippen molar-refractivity contribution in [3.05, 3.63) is 35.9 Å². The molecule has 2 heteroatoms. The van der Waals surface area contributed by atoms with Gasteiger partial charge in [-0.15, -0.1) is 0 Å². The van der Waals surface area contributed by atoms with Crippen LogP contribution < -0.4 is 0 Å². The first kappa shape index (κ1) is 10.9. The molecule has 54 valence electrons. The fraction of sp³-hybridized carbons (Fsp3) is 0.250.